The van der Waals surface area contributed by atoms with Crippen LogP contribution in [0.15, 0.2) is 0 Å². The van der Waals surface area contributed by atoms with Crippen LogP contribution in [0.1, 0.15) is 39.0 Å². The molecule has 1 amide bonds. The summed E-state index contributed by atoms with van der Waals surface area (Å²) in [6.07, 6.45) is 5.41. The lowest BCUT2D eigenvalue weighted by molar-refractivity contribution is -0.125. The molecule has 4 nitrogen and oxygen atoms in total. The van der Waals surface area contributed by atoms with E-state index >= 15 is 0 Å². The first-order valence-electron chi connectivity index (χ1n) is 6.81. The molecule has 3 atom stereocenters. The smallest absolute Gasteiger partial charge is 0.224 e. The first kappa shape index (κ1) is 14.5. The monoisotopic (exact) mass is 242 g/mol. The summed E-state index contributed by atoms with van der Waals surface area (Å²) in [4.78, 5) is 11.8. The maximum atomic E-state index is 11.8. The zero-order chi connectivity index (χ0) is 12.7. The van der Waals surface area contributed by atoms with Gasteiger partial charge in [-0.3, -0.25) is 4.79 Å². The zero-order valence-corrected chi connectivity index (χ0v) is 10.8. The van der Waals surface area contributed by atoms with Crippen molar-refractivity contribution in [2.45, 2.75) is 39.0 Å². The van der Waals surface area contributed by atoms with Crippen LogP contribution in [-0.2, 0) is 4.79 Å². The highest BCUT2D eigenvalue weighted by molar-refractivity contribution is 5.78. The molecule has 0 bridgehead atoms. The second-order valence-corrected chi connectivity index (χ2v) is 5.07. The number of hydrogen-bond donors (Lipinski definition) is 3. The first-order valence-corrected chi connectivity index (χ1v) is 6.81. The molecule has 0 aromatic heterocycles. The summed E-state index contributed by atoms with van der Waals surface area (Å²) in [6.45, 7) is 3.33. The third-order valence-corrected chi connectivity index (χ3v) is 3.99. The summed E-state index contributed by atoms with van der Waals surface area (Å²) in [7, 11) is 0. The Kier molecular flexibility index (Phi) is 6.52. The predicted octanol–water partition coefficient (Wildman–Crippen LogP) is 0.886. The number of rotatable bonds is 6. The van der Waals surface area contributed by atoms with Gasteiger partial charge in [0.25, 0.3) is 0 Å². The highest BCUT2D eigenvalue weighted by Gasteiger charge is 2.25. The van der Waals surface area contributed by atoms with Crippen molar-refractivity contribution in [3.8, 4) is 0 Å². The summed E-state index contributed by atoms with van der Waals surface area (Å²) >= 11 is 0. The van der Waals surface area contributed by atoms with Crippen LogP contribution in [-0.4, -0.2) is 30.7 Å². The second-order valence-electron chi connectivity index (χ2n) is 5.07. The highest BCUT2D eigenvalue weighted by atomic mass is 16.3. The van der Waals surface area contributed by atoms with E-state index in [2.05, 4.69) is 5.32 Å². The molecule has 0 heterocycles. The number of aliphatic hydroxyl groups is 1. The molecule has 1 saturated carbocycles. The Bertz CT molecular complexity index is 229. The standard InChI is InChI=1S/C13H26N2O2/c1-2-10(7-14)13(17)15-8-11-5-3-4-6-12(11)9-16/h10-12,16H,2-9,14H2,1H3,(H,15,17). The van der Waals surface area contributed by atoms with Crippen molar-refractivity contribution in [3.05, 3.63) is 0 Å². The quantitative estimate of drug-likeness (QED) is 0.647. The van der Waals surface area contributed by atoms with E-state index in [-0.39, 0.29) is 18.4 Å². The molecule has 4 N–H and O–H groups in total. The van der Waals surface area contributed by atoms with Gasteiger partial charge < -0.3 is 16.2 Å². The summed E-state index contributed by atoms with van der Waals surface area (Å²) in [5, 5.41) is 12.3. The van der Waals surface area contributed by atoms with Crippen molar-refractivity contribution >= 4 is 5.91 Å². The Morgan fingerprint density at radius 1 is 1.41 bits per heavy atom. The molecule has 0 aliphatic heterocycles. The molecule has 1 rings (SSSR count). The molecule has 17 heavy (non-hydrogen) atoms. The molecule has 1 aliphatic rings. The van der Waals surface area contributed by atoms with Crippen molar-refractivity contribution in [2.24, 2.45) is 23.5 Å². The van der Waals surface area contributed by atoms with Crippen molar-refractivity contribution in [3.63, 3.8) is 0 Å². The first-order chi connectivity index (χ1) is 8.22. The van der Waals surface area contributed by atoms with Gasteiger partial charge in [-0.25, -0.2) is 0 Å². The van der Waals surface area contributed by atoms with Crippen molar-refractivity contribution < 1.29 is 9.90 Å². The second kappa shape index (κ2) is 7.67. The number of amides is 1. The molecule has 0 spiro atoms. The fraction of sp³-hybridized carbons (Fsp3) is 0.923. The lowest BCUT2D eigenvalue weighted by Gasteiger charge is -2.30. The number of aliphatic hydroxyl groups excluding tert-OH is 1. The Morgan fingerprint density at radius 2 is 2.06 bits per heavy atom. The molecule has 3 unspecified atom stereocenters. The van der Waals surface area contributed by atoms with E-state index < -0.39 is 0 Å². The third kappa shape index (κ3) is 4.28. The number of carbonyl (C=O) groups is 1. The molecular formula is C13H26N2O2. The minimum absolute atomic E-state index is 0.0637. The van der Waals surface area contributed by atoms with Gasteiger partial charge in [-0.05, 0) is 31.1 Å². The fourth-order valence-electron chi connectivity index (χ4n) is 2.63. The third-order valence-electron chi connectivity index (χ3n) is 3.99. The Hall–Kier alpha value is -0.610. The average Bonchev–Trinajstić information content (AvgIpc) is 2.38. The lowest BCUT2D eigenvalue weighted by atomic mass is 9.79. The van der Waals surface area contributed by atoms with E-state index in [9.17, 15) is 9.90 Å². The topological polar surface area (TPSA) is 75.4 Å². The normalized spacial score (nSPS) is 26.5. The molecule has 0 aromatic carbocycles. The van der Waals surface area contributed by atoms with E-state index in [4.69, 9.17) is 5.73 Å². The van der Waals surface area contributed by atoms with Crippen molar-refractivity contribution in [1.29, 1.82) is 0 Å². The maximum Gasteiger partial charge on any atom is 0.224 e. The van der Waals surface area contributed by atoms with Crippen LogP contribution in [0.25, 0.3) is 0 Å². The molecule has 0 saturated heterocycles. The number of carbonyl (C=O) groups excluding carboxylic acids is 1. The van der Waals surface area contributed by atoms with Crippen molar-refractivity contribution in [2.75, 3.05) is 19.7 Å². The molecule has 0 radical (unpaired) electrons. The van der Waals surface area contributed by atoms with Crippen LogP contribution in [0, 0.1) is 17.8 Å². The SMILES string of the molecule is CCC(CN)C(=O)NCC1CCCCC1CO. The van der Waals surface area contributed by atoms with Crippen LogP contribution in [0.5, 0.6) is 0 Å². The summed E-state index contributed by atoms with van der Waals surface area (Å²) in [6, 6.07) is 0. The van der Waals surface area contributed by atoms with E-state index in [1.54, 1.807) is 0 Å². The van der Waals surface area contributed by atoms with Gasteiger partial charge in [0.1, 0.15) is 0 Å². The largest absolute Gasteiger partial charge is 0.396 e. The predicted molar refractivity (Wildman–Crippen MR) is 68.4 cm³/mol. The van der Waals surface area contributed by atoms with Crippen molar-refractivity contribution in [1.82, 2.24) is 5.32 Å². The van der Waals surface area contributed by atoms with Gasteiger partial charge in [0, 0.05) is 25.6 Å². The number of hydrogen-bond acceptors (Lipinski definition) is 3. The van der Waals surface area contributed by atoms with Gasteiger partial charge in [-0.1, -0.05) is 19.8 Å². The molecule has 0 aromatic rings. The van der Waals surface area contributed by atoms with E-state index in [0.717, 1.165) is 19.3 Å². The van der Waals surface area contributed by atoms with Crippen LogP contribution >= 0.6 is 0 Å². The number of nitrogens with two attached hydrogens (primary N) is 1. The Labute approximate surface area is 104 Å². The number of nitrogens with one attached hydrogen (secondary N) is 1. The van der Waals surface area contributed by atoms with Gasteiger partial charge in [0.05, 0.1) is 0 Å². The molecule has 1 aliphatic carbocycles. The molecule has 1 fully saturated rings. The summed E-state index contributed by atoms with van der Waals surface area (Å²) in [5.74, 6) is 0.804. The zero-order valence-electron chi connectivity index (χ0n) is 10.8. The fourth-order valence-corrected chi connectivity index (χ4v) is 2.63. The summed E-state index contributed by atoms with van der Waals surface area (Å²) < 4.78 is 0. The van der Waals surface area contributed by atoms with Crippen LogP contribution in [0.4, 0.5) is 0 Å². The molecular weight excluding hydrogens is 216 g/mol. The van der Waals surface area contributed by atoms with Crippen LogP contribution in [0.3, 0.4) is 0 Å². The Balaban J connectivity index is 2.35. The average molecular weight is 242 g/mol. The highest BCUT2D eigenvalue weighted by Crippen LogP contribution is 2.29. The molecule has 100 valence electrons. The summed E-state index contributed by atoms with van der Waals surface area (Å²) in [5.41, 5.74) is 5.55. The Morgan fingerprint density at radius 3 is 2.59 bits per heavy atom. The van der Waals surface area contributed by atoms with Gasteiger partial charge in [0.15, 0.2) is 0 Å². The van der Waals surface area contributed by atoms with E-state index in [1.807, 2.05) is 6.92 Å². The van der Waals surface area contributed by atoms with Gasteiger partial charge in [-0.15, -0.1) is 0 Å². The van der Waals surface area contributed by atoms with Gasteiger partial charge in [0.2, 0.25) is 5.91 Å². The molecule has 4 heteroatoms. The van der Waals surface area contributed by atoms with Gasteiger partial charge >= 0.3 is 0 Å². The minimum Gasteiger partial charge on any atom is -0.396 e. The van der Waals surface area contributed by atoms with E-state index in [1.165, 1.54) is 12.8 Å². The van der Waals surface area contributed by atoms with Crippen LogP contribution < -0.4 is 11.1 Å². The van der Waals surface area contributed by atoms with E-state index in [0.29, 0.717) is 24.9 Å². The minimum atomic E-state index is -0.0637. The lowest BCUT2D eigenvalue weighted by Crippen LogP contribution is -2.40. The van der Waals surface area contributed by atoms with Gasteiger partial charge in [-0.2, -0.15) is 0 Å². The maximum absolute atomic E-state index is 11.8. The van der Waals surface area contributed by atoms with Crippen LogP contribution in [0.2, 0.25) is 0 Å².